The van der Waals surface area contributed by atoms with Gasteiger partial charge in [0.25, 0.3) is 0 Å². The maximum absolute atomic E-state index is 8.40. The molecule has 6 nitrogen and oxygen atoms in total. The summed E-state index contributed by atoms with van der Waals surface area (Å²) in [5, 5.41) is 16.8. The Morgan fingerprint density at radius 2 is 0.769 bits per heavy atom. The zero-order chi connectivity index (χ0) is 19.6. The highest BCUT2D eigenvalue weighted by molar-refractivity contribution is 4.40. The molecule has 0 unspecified atom stereocenters. The first-order valence-electron chi connectivity index (χ1n) is 10.4. The van der Waals surface area contributed by atoms with E-state index in [1.54, 1.807) is 0 Å². The van der Waals surface area contributed by atoms with Gasteiger partial charge < -0.3 is 29.2 Å². The van der Waals surface area contributed by atoms with Crippen molar-refractivity contribution >= 4 is 0 Å². The molecule has 0 fully saturated rings. The molecule has 0 aromatic carbocycles. The maximum Gasteiger partial charge on any atom is 0.0701 e. The molecule has 0 aromatic heterocycles. The highest BCUT2D eigenvalue weighted by Gasteiger charge is 1.91. The minimum atomic E-state index is 0.0938. The molecule has 0 aliphatic heterocycles. The van der Waals surface area contributed by atoms with E-state index in [0.29, 0.717) is 39.6 Å². The van der Waals surface area contributed by atoms with Crippen molar-refractivity contribution in [1.29, 1.82) is 0 Å². The number of rotatable bonds is 20. The Hall–Kier alpha value is -0.240. The molecule has 0 aromatic rings. The van der Waals surface area contributed by atoms with Crippen LogP contribution in [0.3, 0.4) is 0 Å². The summed E-state index contributed by atoms with van der Waals surface area (Å²) in [7, 11) is 0. The quantitative estimate of drug-likeness (QED) is 0.316. The number of ether oxygens (including phenoxy) is 4. The molecule has 160 valence electrons. The van der Waals surface area contributed by atoms with Gasteiger partial charge in [0.2, 0.25) is 0 Å². The summed E-state index contributed by atoms with van der Waals surface area (Å²) in [6, 6.07) is 0. The van der Waals surface area contributed by atoms with E-state index in [-0.39, 0.29) is 13.2 Å². The second-order valence-corrected chi connectivity index (χ2v) is 6.02. The molecule has 0 rings (SSSR count). The van der Waals surface area contributed by atoms with Gasteiger partial charge in [-0.2, -0.15) is 0 Å². The van der Waals surface area contributed by atoms with Crippen LogP contribution in [-0.2, 0) is 18.9 Å². The van der Waals surface area contributed by atoms with Gasteiger partial charge in [-0.1, -0.05) is 52.4 Å². The fourth-order valence-electron chi connectivity index (χ4n) is 2.03. The van der Waals surface area contributed by atoms with E-state index in [9.17, 15) is 0 Å². The largest absolute Gasteiger partial charge is 0.394 e. The molecule has 26 heavy (non-hydrogen) atoms. The van der Waals surface area contributed by atoms with E-state index in [1.165, 1.54) is 38.5 Å². The normalized spacial score (nSPS) is 10.6. The Morgan fingerprint density at radius 1 is 0.423 bits per heavy atom. The van der Waals surface area contributed by atoms with Crippen molar-refractivity contribution in [1.82, 2.24) is 0 Å². The van der Waals surface area contributed by atoms with Crippen molar-refractivity contribution < 1.29 is 29.2 Å². The predicted molar refractivity (Wildman–Crippen MR) is 106 cm³/mol. The van der Waals surface area contributed by atoms with Gasteiger partial charge in [0.15, 0.2) is 0 Å². The third-order valence-electron chi connectivity index (χ3n) is 3.50. The third-order valence-corrected chi connectivity index (χ3v) is 3.50. The maximum atomic E-state index is 8.40. The van der Waals surface area contributed by atoms with Gasteiger partial charge in [-0.15, -0.1) is 0 Å². The first-order valence-corrected chi connectivity index (χ1v) is 10.4. The third kappa shape index (κ3) is 31.5. The Kier molecular flexibility index (Phi) is 31.8. The van der Waals surface area contributed by atoms with E-state index in [2.05, 4.69) is 13.8 Å². The molecular weight excluding hydrogens is 336 g/mol. The second kappa shape index (κ2) is 29.5. The molecule has 2 N–H and O–H groups in total. The van der Waals surface area contributed by atoms with E-state index < -0.39 is 0 Å². The van der Waals surface area contributed by atoms with E-state index >= 15 is 0 Å². The lowest BCUT2D eigenvalue weighted by Gasteiger charge is -2.04. The summed E-state index contributed by atoms with van der Waals surface area (Å²) in [4.78, 5) is 0. The van der Waals surface area contributed by atoms with Gasteiger partial charge in [0, 0.05) is 13.2 Å². The minimum absolute atomic E-state index is 0.0938. The zero-order valence-corrected chi connectivity index (χ0v) is 17.3. The fourth-order valence-corrected chi connectivity index (χ4v) is 2.03. The number of aliphatic hydroxyl groups excluding tert-OH is 2. The van der Waals surface area contributed by atoms with Gasteiger partial charge in [0.05, 0.1) is 52.9 Å². The summed E-state index contributed by atoms with van der Waals surface area (Å²) in [6.45, 7) is 9.56. The standard InChI is InChI=1S/2C10H22O3/c2*1-2-3-4-5-7-12-9-10-13-8-6-11/h2*11H,2-10H2,1H3. The zero-order valence-electron chi connectivity index (χ0n) is 17.3. The van der Waals surface area contributed by atoms with E-state index in [4.69, 9.17) is 29.2 Å². The summed E-state index contributed by atoms with van der Waals surface area (Å²) in [5.74, 6) is 0. The minimum Gasteiger partial charge on any atom is -0.394 e. The summed E-state index contributed by atoms with van der Waals surface area (Å²) in [5.41, 5.74) is 0. The van der Waals surface area contributed by atoms with Crippen LogP contribution in [0, 0.1) is 0 Å². The second-order valence-electron chi connectivity index (χ2n) is 6.02. The molecule has 0 saturated heterocycles. The van der Waals surface area contributed by atoms with Crippen LogP contribution in [0.1, 0.15) is 65.2 Å². The van der Waals surface area contributed by atoms with Crippen LogP contribution in [0.5, 0.6) is 0 Å². The van der Waals surface area contributed by atoms with Crippen LogP contribution < -0.4 is 0 Å². The monoisotopic (exact) mass is 380 g/mol. The summed E-state index contributed by atoms with van der Waals surface area (Å²) < 4.78 is 20.7. The van der Waals surface area contributed by atoms with Gasteiger partial charge in [-0.05, 0) is 12.8 Å². The SMILES string of the molecule is CCCCCCOCCOCCO.CCCCCCOCCOCCO. The molecule has 0 atom stereocenters. The van der Waals surface area contributed by atoms with E-state index in [0.717, 1.165) is 26.1 Å². The number of hydrogen-bond acceptors (Lipinski definition) is 6. The average Bonchev–Trinajstić information content (AvgIpc) is 2.66. The molecule has 0 aliphatic carbocycles. The van der Waals surface area contributed by atoms with Gasteiger partial charge in [-0.25, -0.2) is 0 Å². The number of unbranched alkanes of at least 4 members (excludes halogenated alkanes) is 6. The van der Waals surface area contributed by atoms with Crippen LogP contribution in [0.15, 0.2) is 0 Å². The first kappa shape index (κ1) is 28.0. The number of aliphatic hydroxyl groups is 2. The molecule has 0 heterocycles. The first-order chi connectivity index (χ1) is 12.8. The highest BCUT2D eigenvalue weighted by Crippen LogP contribution is 1.99. The fraction of sp³-hybridized carbons (Fsp3) is 1.00. The van der Waals surface area contributed by atoms with Crippen LogP contribution in [-0.4, -0.2) is 76.3 Å². The topological polar surface area (TPSA) is 77.4 Å². The lowest BCUT2D eigenvalue weighted by atomic mass is 10.2. The van der Waals surface area contributed by atoms with Crippen LogP contribution >= 0.6 is 0 Å². The number of hydrogen-bond donors (Lipinski definition) is 2. The lowest BCUT2D eigenvalue weighted by molar-refractivity contribution is 0.0321. The summed E-state index contributed by atoms with van der Waals surface area (Å²) in [6.07, 6.45) is 9.93. The van der Waals surface area contributed by atoms with Gasteiger partial charge in [0.1, 0.15) is 0 Å². The Bertz CT molecular complexity index is 174. The molecule has 0 spiro atoms. The highest BCUT2D eigenvalue weighted by atomic mass is 16.5. The molecule has 0 saturated carbocycles. The van der Waals surface area contributed by atoms with Crippen LogP contribution in [0.4, 0.5) is 0 Å². The van der Waals surface area contributed by atoms with Crippen LogP contribution in [0.2, 0.25) is 0 Å². The molecule has 6 heteroatoms. The van der Waals surface area contributed by atoms with Crippen molar-refractivity contribution in [3.8, 4) is 0 Å². The van der Waals surface area contributed by atoms with Crippen molar-refractivity contribution in [3.05, 3.63) is 0 Å². The smallest absolute Gasteiger partial charge is 0.0701 e. The summed E-state index contributed by atoms with van der Waals surface area (Å²) >= 11 is 0. The predicted octanol–water partition coefficient (Wildman–Crippen LogP) is 3.18. The molecule has 0 amide bonds. The molecule has 0 radical (unpaired) electrons. The van der Waals surface area contributed by atoms with Gasteiger partial charge >= 0.3 is 0 Å². The van der Waals surface area contributed by atoms with Crippen molar-refractivity contribution in [2.75, 3.05) is 66.1 Å². The molecule has 0 bridgehead atoms. The molecule has 0 aliphatic rings. The van der Waals surface area contributed by atoms with Gasteiger partial charge in [-0.3, -0.25) is 0 Å². The van der Waals surface area contributed by atoms with Crippen molar-refractivity contribution in [2.24, 2.45) is 0 Å². The van der Waals surface area contributed by atoms with E-state index in [1.807, 2.05) is 0 Å². The Morgan fingerprint density at radius 3 is 1.08 bits per heavy atom. The van der Waals surface area contributed by atoms with Crippen molar-refractivity contribution in [3.63, 3.8) is 0 Å². The van der Waals surface area contributed by atoms with Crippen LogP contribution in [0.25, 0.3) is 0 Å². The average molecular weight is 381 g/mol. The Balaban J connectivity index is 0. The molecular formula is C20H44O6. The Labute approximate surface area is 161 Å². The lowest BCUT2D eigenvalue weighted by Crippen LogP contribution is -2.07. The van der Waals surface area contributed by atoms with Crippen molar-refractivity contribution in [2.45, 2.75) is 65.2 Å².